The molecule has 2 fully saturated rings. The number of rotatable bonds is 2. The molecule has 25 heavy (non-hydrogen) atoms. The fraction of sp³-hybridized carbons (Fsp3) is 0.471. The van der Waals surface area contributed by atoms with Crippen LogP contribution in [0.3, 0.4) is 0 Å². The van der Waals surface area contributed by atoms with Crippen molar-refractivity contribution < 1.29 is 14.4 Å². The number of benzene rings is 1. The number of carbonyl (C=O) groups excluding carboxylic acids is 3. The summed E-state index contributed by atoms with van der Waals surface area (Å²) in [5, 5.41) is 2.92. The number of nitrogens with one attached hydrogen (secondary N) is 1. The highest BCUT2D eigenvalue weighted by molar-refractivity contribution is 6.34. The Hall–Kier alpha value is -2.12. The van der Waals surface area contributed by atoms with Gasteiger partial charge >= 0.3 is 0 Å². The molecular formula is C17H21ClN4O3. The second kappa shape index (κ2) is 7.01. The molecule has 0 radical (unpaired) electrons. The van der Waals surface area contributed by atoms with E-state index in [-0.39, 0.29) is 28.8 Å². The van der Waals surface area contributed by atoms with E-state index < -0.39 is 0 Å². The van der Waals surface area contributed by atoms with E-state index >= 15 is 0 Å². The number of likely N-dealkylation sites (N-methyl/N-ethyl adjacent to an activating group) is 1. The van der Waals surface area contributed by atoms with Crippen LogP contribution in [0.1, 0.15) is 17.3 Å². The van der Waals surface area contributed by atoms with Gasteiger partial charge in [-0.05, 0) is 18.2 Å². The third kappa shape index (κ3) is 3.62. The topological polar surface area (TPSA) is 73.0 Å². The molecule has 0 spiro atoms. The molecule has 1 N–H and O–H groups in total. The van der Waals surface area contributed by atoms with Gasteiger partial charge in [-0.2, -0.15) is 0 Å². The SMILES string of the molecule is CC(=O)Nc1ccc(C(=O)N2CCN3CCN(C)C(=O)C3C2)c(Cl)c1. The van der Waals surface area contributed by atoms with Crippen molar-refractivity contribution in [2.45, 2.75) is 13.0 Å². The summed E-state index contributed by atoms with van der Waals surface area (Å²) in [5.74, 6) is -0.345. The molecule has 2 saturated heterocycles. The zero-order chi connectivity index (χ0) is 18.1. The summed E-state index contributed by atoms with van der Waals surface area (Å²) in [6.07, 6.45) is 0. The van der Waals surface area contributed by atoms with Gasteiger partial charge in [-0.3, -0.25) is 19.3 Å². The van der Waals surface area contributed by atoms with Crippen LogP contribution < -0.4 is 5.32 Å². The molecule has 3 amide bonds. The molecule has 0 saturated carbocycles. The van der Waals surface area contributed by atoms with E-state index in [0.29, 0.717) is 30.9 Å². The molecule has 7 nitrogen and oxygen atoms in total. The molecule has 0 aliphatic carbocycles. The summed E-state index contributed by atoms with van der Waals surface area (Å²) in [6.45, 7) is 4.57. The van der Waals surface area contributed by atoms with Crippen molar-refractivity contribution in [2.75, 3.05) is 45.1 Å². The Morgan fingerprint density at radius 3 is 2.60 bits per heavy atom. The Kier molecular flexibility index (Phi) is 4.96. The normalized spacial score (nSPS) is 21.1. The molecule has 2 aliphatic heterocycles. The van der Waals surface area contributed by atoms with Gasteiger partial charge in [0.25, 0.3) is 5.91 Å². The number of nitrogens with zero attached hydrogens (tertiary/aromatic N) is 3. The van der Waals surface area contributed by atoms with Gasteiger partial charge in [-0.25, -0.2) is 0 Å². The van der Waals surface area contributed by atoms with E-state index in [1.54, 1.807) is 35.0 Å². The highest BCUT2D eigenvalue weighted by atomic mass is 35.5. The van der Waals surface area contributed by atoms with E-state index in [1.807, 2.05) is 0 Å². The van der Waals surface area contributed by atoms with Crippen molar-refractivity contribution in [3.05, 3.63) is 28.8 Å². The first-order chi connectivity index (χ1) is 11.9. The molecule has 0 bridgehead atoms. The molecule has 0 aromatic heterocycles. The van der Waals surface area contributed by atoms with Gasteiger partial charge in [0.15, 0.2) is 0 Å². The van der Waals surface area contributed by atoms with Crippen LogP contribution in [-0.4, -0.2) is 78.2 Å². The minimum absolute atomic E-state index is 0.0517. The second-order valence-electron chi connectivity index (χ2n) is 6.44. The van der Waals surface area contributed by atoms with Crippen molar-refractivity contribution >= 4 is 35.0 Å². The predicted molar refractivity (Wildman–Crippen MR) is 94.7 cm³/mol. The van der Waals surface area contributed by atoms with Crippen molar-refractivity contribution in [1.29, 1.82) is 0 Å². The van der Waals surface area contributed by atoms with Crippen LogP contribution in [0.15, 0.2) is 18.2 Å². The van der Waals surface area contributed by atoms with Gasteiger partial charge in [-0.15, -0.1) is 0 Å². The summed E-state index contributed by atoms with van der Waals surface area (Å²) in [7, 11) is 1.79. The van der Waals surface area contributed by atoms with E-state index in [2.05, 4.69) is 10.2 Å². The van der Waals surface area contributed by atoms with Crippen LogP contribution in [0.2, 0.25) is 5.02 Å². The fourth-order valence-electron chi connectivity index (χ4n) is 3.29. The average molecular weight is 365 g/mol. The maximum atomic E-state index is 12.8. The Bertz CT molecular complexity index is 724. The van der Waals surface area contributed by atoms with E-state index in [1.165, 1.54) is 6.92 Å². The van der Waals surface area contributed by atoms with Crippen molar-refractivity contribution in [1.82, 2.24) is 14.7 Å². The number of hydrogen-bond acceptors (Lipinski definition) is 4. The van der Waals surface area contributed by atoms with Gasteiger partial charge in [0.05, 0.1) is 10.6 Å². The summed E-state index contributed by atoms with van der Waals surface area (Å²) >= 11 is 6.23. The molecule has 8 heteroatoms. The standard InChI is InChI=1S/C17H21ClN4O3/c1-11(23)19-12-3-4-13(14(18)9-12)16(24)22-8-7-21-6-5-20(2)17(25)15(21)10-22/h3-4,9,15H,5-8,10H2,1-2H3,(H,19,23). The number of fused-ring (bicyclic) bond motifs is 1. The number of halogens is 1. The summed E-state index contributed by atoms with van der Waals surface area (Å²) in [5.41, 5.74) is 0.920. The first-order valence-electron chi connectivity index (χ1n) is 8.22. The van der Waals surface area contributed by atoms with Gasteiger partial charge < -0.3 is 15.1 Å². The minimum Gasteiger partial charge on any atom is -0.343 e. The Morgan fingerprint density at radius 1 is 1.20 bits per heavy atom. The van der Waals surface area contributed by atoms with Crippen LogP contribution in [0.4, 0.5) is 5.69 Å². The maximum Gasteiger partial charge on any atom is 0.255 e. The van der Waals surface area contributed by atoms with Crippen LogP contribution in [0.25, 0.3) is 0 Å². The van der Waals surface area contributed by atoms with Crippen molar-refractivity contribution in [3.8, 4) is 0 Å². The smallest absolute Gasteiger partial charge is 0.255 e. The lowest BCUT2D eigenvalue weighted by Gasteiger charge is -2.45. The number of hydrogen-bond donors (Lipinski definition) is 1. The first-order valence-corrected chi connectivity index (χ1v) is 8.60. The fourth-order valence-corrected chi connectivity index (χ4v) is 3.55. The van der Waals surface area contributed by atoms with Crippen molar-refractivity contribution in [2.24, 2.45) is 0 Å². The van der Waals surface area contributed by atoms with Crippen LogP contribution in [0.5, 0.6) is 0 Å². The number of piperazine rings is 2. The Labute approximate surface area is 151 Å². The Morgan fingerprint density at radius 2 is 1.92 bits per heavy atom. The van der Waals surface area contributed by atoms with Crippen molar-refractivity contribution in [3.63, 3.8) is 0 Å². The summed E-state index contributed by atoms with van der Waals surface area (Å²) in [4.78, 5) is 41.8. The third-order valence-corrected chi connectivity index (χ3v) is 4.99. The largest absolute Gasteiger partial charge is 0.343 e. The number of amides is 3. The van der Waals surface area contributed by atoms with Gasteiger partial charge in [0, 0.05) is 52.4 Å². The lowest BCUT2D eigenvalue weighted by atomic mass is 10.1. The Balaban J connectivity index is 1.75. The number of carbonyl (C=O) groups is 3. The first kappa shape index (κ1) is 17.7. The molecule has 3 rings (SSSR count). The van der Waals surface area contributed by atoms with Gasteiger partial charge in [-0.1, -0.05) is 11.6 Å². The average Bonchev–Trinajstić information content (AvgIpc) is 2.57. The minimum atomic E-state index is -0.283. The monoisotopic (exact) mass is 364 g/mol. The third-order valence-electron chi connectivity index (χ3n) is 4.68. The highest BCUT2D eigenvalue weighted by Gasteiger charge is 2.38. The molecule has 1 aromatic carbocycles. The quantitative estimate of drug-likeness (QED) is 0.846. The molecule has 1 unspecified atom stereocenters. The van der Waals surface area contributed by atoms with Gasteiger partial charge in [0.1, 0.15) is 6.04 Å². The zero-order valence-corrected chi connectivity index (χ0v) is 15.0. The van der Waals surface area contributed by atoms with Crippen LogP contribution in [-0.2, 0) is 9.59 Å². The lowest BCUT2D eigenvalue weighted by molar-refractivity contribution is -0.142. The predicted octanol–water partition coefficient (Wildman–Crippen LogP) is 0.897. The molecule has 1 aromatic rings. The second-order valence-corrected chi connectivity index (χ2v) is 6.85. The molecule has 2 aliphatic rings. The molecule has 2 heterocycles. The zero-order valence-electron chi connectivity index (χ0n) is 14.3. The van der Waals surface area contributed by atoms with Gasteiger partial charge in [0.2, 0.25) is 11.8 Å². The highest BCUT2D eigenvalue weighted by Crippen LogP contribution is 2.24. The summed E-state index contributed by atoms with van der Waals surface area (Å²) in [6, 6.07) is 4.54. The lowest BCUT2D eigenvalue weighted by Crippen LogP contribution is -2.64. The summed E-state index contributed by atoms with van der Waals surface area (Å²) < 4.78 is 0. The molecule has 134 valence electrons. The van der Waals surface area contributed by atoms with Crippen LogP contribution >= 0.6 is 11.6 Å². The molecule has 1 atom stereocenters. The van der Waals surface area contributed by atoms with E-state index in [0.717, 1.165) is 13.1 Å². The van der Waals surface area contributed by atoms with E-state index in [4.69, 9.17) is 11.6 Å². The van der Waals surface area contributed by atoms with E-state index in [9.17, 15) is 14.4 Å². The van der Waals surface area contributed by atoms with Crippen LogP contribution in [0, 0.1) is 0 Å². The molecular weight excluding hydrogens is 344 g/mol. The maximum absolute atomic E-state index is 12.8. The number of anilines is 1.